The van der Waals surface area contributed by atoms with E-state index in [0.717, 1.165) is 0 Å². The molecule has 3 rings (SSSR count). The van der Waals surface area contributed by atoms with Gasteiger partial charge in [0.2, 0.25) is 0 Å². The van der Waals surface area contributed by atoms with Crippen molar-refractivity contribution in [2.24, 2.45) is 0 Å². The summed E-state index contributed by atoms with van der Waals surface area (Å²) in [6.45, 7) is 3.25. The second-order valence-electron chi connectivity index (χ2n) is 6.59. The molecule has 0 saturated heterocycles. The van der Waals surface area contributed by atoms with Gasteiger partial charge in [0.25, 0.3) is 0 Å². The molecule has 0 radical (unpaired) electrons. The maximum Gasteiger partial charge on any atom is 2.00 e. The fourth-order valence-electron chi connectivity index (χ4n) is 2.73. The Balaban J connectivity index is 0.00000300. The molecule has 0 saturated carbocycles. The summed E-state index contributed by atoms with van der Waals surface area (Å²) in [6.07, 6.45) is 1.41. The van der Waals surface area contributed by atoms with Crippen LogP contribution in [0.25, 0.3) is 27.8 Å². The third kappa shape index (κ3) is 4.25. The van der Waals surface area contributed by atoms with Crippen LogP contribution in [-0.2, 0) is 31.3 Å². The smallest absolute Gasteiger partial charge is 0.655 e. The maximum atomic E-state index is 14.5. The number of pyridine rings is 2. The molecule has 2 heterocycles. The Morgan fingerprint density at radius 2 is 1.59 bits per heavy atom. The molecule has 4 nitrogen and oxygen atoms in total. The van der Waals surface area contributed by atoms with Gasteiger partial charge in [-0.2, -0.15) is 0 Å². The van der Waals surface area contributed by atoms with Crippen LogP contribution in [0.5, 0.6) is 0 Å². The summed E-state index contributed by atoms with van der Waals surface area (Å²) >= 11 is 0. The van der Waals surface area contributed by atoms with Crippen molar-refractivity contribution in [1.82, 2.24) is 9.97 Å². The first-order valence-corrected chi connectivity index (χ1v) is 8.40. The topological polar surface area (TPSA) is 57.0 Å². The van der Waals surface area contributed by atoms with E-state index in [1.54, 1.807) is 38.1 Å². The molecule has 0 N–H and O–H groups in total. The quantitative estimate of drug-likeness (QED) is 0.329. The van der Waals surface area contributed by atoms with Gasteiger partial charge in [-0.15, -0.1) is 13.1 Å². The van der Waals surface area contributed by atoms with Gasteiger partial charge in [-0.1, -0.05) is 35.4 Å². The summed E-state index contributed by atoms with van der Waals surface area (Å²) in [5.41, 5.74) is -1.28. The first-order chi connectivity index (χ1) is 13.3. The van der Waals surface area contributed by atoms with Crippen LogP contribution in [0.15, 0.2) is 42.6 Å². The van der Waals surface area contributed by atoms with E-state index < -0.39 is 28.8 Å². The van der Waals surface area contributed by atoms with Crippen molar-refractivity contribution in [3.8, 4) is 22.5 Å². The van der Waals surface area contributed by atoms with Gasteiger partial charge in [-0.3, -0.25) is 18.7 Å². The second kappa shape index (κ2) is 8.87. The fourth-order valence-corrected chi connectivity index (χ4v) is 2.73. The Labute approximate surface area is 180 Å². The van der Waals surface area contributed by atoms with E-state index in [9.17, 15) is 18.0 Å². The fraction of sp³-hybridized carbons (Fsp3) is 0.190. The number of hydrogen-bond donors (Lipinski definition) is 0. The maximum absolute atomic E-state index is 14.5. The number of likely N-dealkylation sites (N-methyl/N-ethyl adjacent to an activating group) is 1. The predicted octanol–water partition coefficient (Wildman–Crippen LogP) is 4.83. The molecule has 0 aliphatic carbocycles. The summed E-state index contributed by atoms with van der Waals surface area (Å²) < 4.78 is 43.1. The molecular formula is C21H16F3N3OPt. The van der Waals surface area contributed by atoms with Crippen LogP contribution in [0.3, 0.4) is 0 Å². The SMILES string of the molecule is C[N-]C(=O)C(C)(C)c1cccc(-c2[c-]c(-c3ccccn3)c(F)c(F)c2F)n1.[Pt+2]. The van der Waals surface area contributed by atoms with E-state index in [1.165, 1.54) is 25.4 Å². The largest absolute Gasteiger partial charge is 2.00 e. The number of carbonyl (C=O) groups excluding carboxylic acids is 1. The average Bonchev–Trinajstić information content (AvgIpc) is 2.72. The van der Waals surface area contributed by atoms with Crippen molar-refractivity contribution in [2.75, 3.05) is 7.05 Å². The van der Waals surface area contributed by atoms with E-state index in [4.69, 9.17) is 0 Å². The van der Waals surface area contributed by atoms with E-state index in [1.807, 2.05) is 0 Å². The zero-order chi connectivity index (χ0) is 20.5. The van der Waals surface area contributed by atoms with Gasteiger partial charge in [0.1, 0.15) is 5.82 Å². The molecule has 29 heavy (non-hydrogen) atoms. The average molecular weight is 578 g/mol. The summed E-state index contributed by atoms with van der Waals surface area (Å²) in [6, 6.07) is 11.8. The number of amides is 1. The molecule has 0 spiro atoms. The van der Waals surface area contributed by atoms with Gasteiger partial charge in [-0.05, 0) is 26.0 Å². The van der Waals surface area contributed by atoms with Crippen LogP contribution in [0, 0.1) is 23.5 Å². The van der Waals surface area contributed by atoms with E-state index in [0.29, 0.717) is 5.69 Å². The Bertz CT molecular complexity index is 1040. The molecule has 1 aromatic carbocycles. The molecular weight excluding hydrogens is 562 g/mol. The van der Waals surface area contributed by atoms with E-state index >= 15 is 0 Å². The molecule has 8 heteroatoms. The molecule has 3 aromatic rings. The number of rotatable bonds is 4. The summed E-state index contributed by atoms with van der Waals surface area (Å²) in [7, 11) is 1.37. The van der Waals surface area contributed by atoms with Gasteiger partial charge in [0.05, 0.1) is 17.5 Å². The van der Waals surface area contributed by atoms with Crippen LogP contribution in [0.1, 0.15) is 19.5 Å². The number of aromatic nitrogens is 2. The number of halogens is 3. The summed E-state index contributed by atoms with van der Waals surface area (Å²) in [5, 5.41) is 3.66. The monoisotopic (exact) mass is 578 g/mol. The van der Waals surface area contributed by atoms with Gasteiger partial charge >= 0.3 is 21.1 Å². The van der Waals surface area contributed by atoms with Gasteiger partial charge < -0.3 is 10.1 Å². The van der Waals surface area contributed by atoms with Crippen molar-refractivity contribution in [2.45, 2.75) is 19.3 Å². The molecule has 0 aliphatic rings. The van der Waals surface area contributed by atoms with Gasteiger partial charge in [0.15, 0.2) is 0 Å². The van der Waals surface area contributed by atoms with Crippen LogP contribution in [0.2, 0.25) is 0 Å². The molecule has 0 unspecified atom stereocenters. The second-order valence-corrected chi connectivity index (χ2v) is 6.59. The van der Waals surface area contributed by atoms with Crippen molar-refractivity contribution in [1.29, 1.82) is 0 Å². The first kappa shape index (κ1) is 22.8. The minimum absolute atomic E-state index is 0. The van der Waals surface area contributed by atoms with E-state index in [2.05, 4.69) is 21.4 Å². The Morgan fingerprint density at radius 3 is 2.17 bits per heavy atom. The molecule has 0 atom stereocenters. The zero-order valence-corrected chi connectivity index (χ0v) is 18.0. The number of carbonyl (C=O) groups is 1. The summed E-state index contributed by atoms with van der Waals surface area (Å²) in [4.78, 5) is 20.3. The van der Waals surface area contributed by atoms with Crippen LogP contribution in [-0.4, -0.2) is 22.9 Å². The molecule has 2 aromatic heterocycles. The minimum Gasteiger partial charge on any atom is -0.655 e. The number of nitrogens with zero attached hydrogens (tertiary/aromatic N) is 3. The molecule has 1 amide bonds. The third-order valence-corrected chi connectivity index (χ3v) is 4.38. The Hall–Kier alpha value is -2.53. The van der Waals surface area contributed by atoms with Gasteiger partial charge in [0, 0.05) is 28.7 Å². The zero-order valence-electron chi connectivity index (χ0n) is 15.7. The van der Waals surface area contributed by atoms with Gasteiger partial charge in [-0.25, -0.2) is 4.39 Å². The van der Waals surface area contributed by atoms with Crippen LogP contribution < -0.4 is 0 Å². The van der Waals surface area contributed by atoms with Crippen LogP contribution >= 0.6 is 0 Å². The molecule has 0 bridgehead atoms. The Morgan fingerprint density at radius 1 is 0.966 bits per heavy atom. The molecule has 152 valence electrons. The molecule has 0 aliphatic heterocycles. The molecule has 0 fully saturated rings. The normalized spacial score (nSPS) is 11.0. The van der Waals surface area contributed by atoms with Crippen molar-refractivity contribution in [3.63, 3.8) is 0 Å². The van der Waals surface area contributed by atoms with Crippen molar-refractivity contribution >= 4 is 5.91 Å². The number of hydrogen-bond acceptors (Lipinski definition) is 3. The third-order valence-electron chi connectivity index (χ3n) is 4.38. The van der Waals surface area contributed by atoms with E-state index in [-0.39, 0.29) is 43.6 Å². The predicted molar refractivity (Wildman–Crippen MR) is 98.9 cm³/mol. The number of benzene rings is 1. The summed E-state index contributed by atoms with van der Waals surface area (Å²) in [5.74, 6) is -4.84. The van der Waals surface area contributed by atoms with Crippen molar-refractivity contribution in [3.05, 3.63) is 77.1 Å². The van der Waals surface area contributed by atoms with Crippen LogP contribution in [0.4, 0.5) is 13.2 Å². The minimum atomic E-state index is -1.64. The standard InChI is InChI=1S/C21H17F3N3O.Pt/c1-21(2,20(28)25-3)16-9-6-8-15(27-16)13-11-12(14-7-4-5-10-26-14)17(22)19(24)18(13)23;/h4-10H,1-3H3,(H,25,28);/q-1;+2/p-1. The Kier molecular flexibility index (Phi) is 6.96. The first-order valence-electron chi connectivity index (χ1n) is 8.40. The van der Waals surface area contributed by atoms with Crippen molar-refractivity contribution < 1.29 is 39.0 Å².